The van der Waals surface area contributed by atoms with E-state index in [2.05, 4.69) is 0 Å². The number of thioether (sulfide) groups is 2. The topological polar surface area (TPSA) is 105 Å². The largest absolute Gasteiger partial charge is 0.460 e. The second-order valence-electron chi connectivity index (χ2n) is 7.14. The van der Waals surface area contributed by atoms with Crippen LogP contribution in [0.2, 0.25) is 0 Å². The predicted octanol–water partition coefficient (Wildman–Crippen LogP) is 3.78. The summed E-state index contributed by atoms with van der Waals surface area (Å²) in [5.41, 5.74) is 1.16. The number of allylic oxidation sites excluding steroid dienone is 2. The summed E-state index contributed by atoms with van der Waals surface area (Å²) in [5.74, 6) is -1.84. The molecule has 0 amide bonds. The van der Waals surface area contributed by atoms with Gasteiger partial charge < -0.3 is 18.9 Å². The van der Waals surface area contributed by atoms with Crippen molar-refractivity contribution in [3.05, 3.63) is 68.5 Å². The Kier molecular flexibility index (Phi) is 7.52. The Labute approximate surface area is 204 Å². The number of ether oxygens (including phenoxy) is 4. The van der Waals surface area contributed by atoms with Crippen molar-refractivity contribution in [1.82, 2.24) is 0 Å². The summed E-state index contributed by atoms with van der Waals surface area (Å²) in [5, 5.41) is 0. The van der Waals surface area contributed by atoms with Crippen molar-refractivity contribution >= 4 is 47.0 Å². The molecule has 2 heterocycles. The number of benzene rings is 2. The molecule has 0 unspecified atom stereocenters. The first-order valence-corrected chi connectivity index (χ1v) is 11.9. The van der Waals surface area contributed by atoms with Gasteiger partial charge in [-0.05, 0) is 24.3 Å². The third-order valence-electron chi connectivity index (χ3n) is 5.03. The van der Waals surface area contributed by atoms with Crippen molar-refractivity contribution in [2.75, 3.05) is 40.6 Å². The van der Waals surface area contributed by atoms with Crippen LogP contribution in [0.3, 0.4) is 0 Å². The first kappa shape index (κ1) is 24.2. The molecule has 0 spiro atoms. The van der Waals surface area contributed by atoms with Gasteiger partial charge in [0, 0.05) is 35.1 Å². The Bertz CT molecular complexity index is 1120. The molecule has 34 heavy (non-hydrogen) atoms. The molecule has 0 atom stereocenters. The number of Topliss-reactive ketones (excluding diaryl/α,β-unsaturated/α-hetero) is 2. The second kappa shape index (κ2) is 10.6. The highest BCUT2D eigenvalue weighted by Crippen LogP contribution is 2.51. The normalized spacial score (nSPS) is 16.4. The third-order valence-corrected chi connectivity index (χ3v) is 7.63. The Balaban J connectivity index is 1.64. The van der Waals surface area contributed by atoms with Crippen LogP contribution < -0.4 is 0 Å². The predicted molar refractivity (Wildman–Crippen MR) is 125 cm³/mol. The standard InChI is InChI=1S/C24H20O8S2/c1-29-9-11-31-23(27)15-7-3-5-13-17(25)21(33-19(13)15)22-18(26)14-6-4-8-16(20(14)34-22)24(28)32-12-10-30-2/h3-8H,9-12H2,1-2H3/b22-21-. The van der Waals surface area contributed by atoms with E-state index in [1.54, 1.807) is 36.4 Å². The number of ketones is 2. The zero-order valence-electron chi connectivity index (χ0n) is 18.4. The summed E-state index contributed by atoms with van der Waals surface area (Å²) >= 11 is 2.13. The molecular formula is C24H20O8S2. The number of esters is 2. The Morgan fingerprint density at radius 1 is 0.676 bits per heavy atom. The van der Waals surface area contributed by atoms with Crippen LogP contribution in [-0.2, 0) is 18.9 Å². The number of methoxy groups -OCH3 is 2. The van der Waals surface area contributed by atoms with E-state index in [-0.39, 0.29) is 58.9 Å². The molecule has 2 aliphatic heterocycles. The summed E-state index contributed by atoms with van der Waals surface area (Å²) in [4.78, 5) is 52.8. The number of hydrogen-bond acceptors (Lipinski definition) is 10. The van der Waals surface area contributed by atoms with Crippen molar-refractivity contribution in [2.45, 2.75) is 9.79 Å². The van der Waals surface area contributed by atoms with Crippen LogP contribution in [0.25, 0.3) is 0 Å². The monoisotopic (exact) mass is 500 g/mol. The van der Waals surface area contributed by atoms with Gasteiger partial charge in [-0.3, -0.25) is 9.59 Å². The van der Waals surface area contributed by atoms with Gasteiger partial charge in [0.2, 0.25) is 11.6 Å². The molecule has 176 valence electrons. The molecule has 2 aliphatic rings. The maximum absolute atomic E-state index is 13.2. The summed E-state index contributed by atoms with van der Waals surface area (Å²) in [6.45, 7) is 0.667. The van der Waals surface area contributed by atoms with Crippen LogP contribution in [0.4, 0.5) is 0 Å². The molecule has 2 aromatic rings. The summed E-state index contributed by atoms with van der Waals surface area (Å²) in [6, 6.07) is 9.58. The van der Waals surface area contributed by atoms with E-state index in [1.165, 1.54) is 14.2 Å². The first-order chi connectivity index (χ1) is 16.5. The van der Waals surface area contributed by atoms with E-state index in [1.807, 2.05) is 0 Å². The van der Waals surface area contributed by atoms with E-state index in [0.29, 0.717) is 20.9 Å². The van der Waals surface area contributed by atoms with Gasteiger partial charge in [-0.1, -0.05) is 35.7 Å². The zero-order valence-corrected chi connectivity index (χ0v) is 20.0. The van der Waals surface area contributed by atoms with Crippen LogP contribution in [0, 0.1) is 0 Å². The molecule has 0 fully saturated rings. The highest BCUT2D eigenvalue weighted by Gasteiger charge is 2.39. The Hall–Kier alpha value is -2.92. The van der Waals surface area contributed by atoms with Crippen LogP contribution in [0.5, 0.6) is 0 Å². The lowest BCUT2D eigenvalue weighted by molar-refractivity contribution is 0.0377. The average molecular weight is 501 g/mol. The number of carbonyl (C=O) groups excluding carboxylic acids is 4. The molecule has 10 heteroatoms. The molecule has 0 N–H and O–H groups in total. The Morgan fingerprint density at radius 3 is 1.47 bits per heavy atom. The summed E-state index contributed by atoms with van der Waals surface area (Å²) in [7, 11) is 3.00. The third kappa shape index (κ3) is 4.54. The number of hydrogen-bond donors (Lipinski definition) is 0. The summed E-state index contributed by atoms with van der Waals surface area (Å²) in [6.07, 6.45) is 0. The molecule has 0 saturated heterocycles. The van der Waals surface area contributed by atoms with Crippen LogP contribution in [-0.4, -0.2) is 64.2 Å². The quantitative estimate of drug-likeness (QED) is 0.302. The molecule has 8 nitrogen and oxygen atoms in total. The Morgan fingerprint density at radius 2 is 1.09 bits per heavy atom. The molecule has 0 aliphatic carbocycles. The fourth-order valence-electron chi connectivity index (χ4n) is 3.40. The van der Waals surface area contributed by atoms with Crippen molar-refractivity contribution in [3.8, 4) is 0 Å². The van der Waals surface area contributed by atoms with E-state index in [9.17, 15) is 19.2 Å². The number of fused-ring (bicyclic) bond motifs is 2. The van der Waals surface area contributed by atoms with E-state index in [0.717, 1.165) is 23.5 Å². The smallest absolute Gasteiger partial charge is 0.339 e. The van der Waals surface area contributed by atoms with Gasteiger partial charge in [0.15, 0.2) is 0 Å². The minimum absolute atomic E-state index is 0.0818. The minimum atomic E-state index is -0.574. The SMILES string of the molecule is COCCOC(=O)c1cccc2c1S/C(=C1\Sc3c(C(=O)OCCOC)cccc3C1=O)C2=O. The van der Waals surface area contributed by atoms with Crippen LogP contribution in [0.15, 0.2) is 56.0 Å². The highest BCUT2D eigenvalue weighted by atomic mass is 32.2. The molecule has 0 bridgehead atoms. The second-order valence-corrected chi connectivity index (χ2v) is 9.18. The van der Waals surface area contributed by atoms with Crippen molar-refractivity contribution in [3.63, 3.8) is 0 Å². The zero-order chi connectivity index (χ0) is 24.2. The van der Waals surface area contributed by atoms with Gasteiger partial charge in [0.1, 0.15) is 13.2 Å². The number of carbonyl (C=O) groups is 4. The maximum atomic E-state index is 13.2. The van der Waals surface area contributed by atoms with Crippen LogP contribution in [0.1, 0.15) is 41.4 Å². The lowest BCUT2D eigenvalue weighted by Crippen LogP contribution is -2.11. The first-order valence-electron chi connectivity index (χ1n) is 10.3. The van der Waals surface area contributed by atoms with Crippen molar-refractivity contribution in [2.24, 2.45) is 0 Å². The van der Waals surface area contributed by atoms with E-state index < -0.39 is 11.9 Å². The van der Waals surface area contributed by atoms with Gasteiger partial charge >= 0.3 is 11.9 Å². The molecule has 2 aromatic carbocycles. The lowest BCUT2D eigenvalue weighted by Gasteiger charge is -2.07. The van der Waals surface area contributed by atoms with Gasteiger partial charge in [-0.15, -0.1) is 0 Å². The minimum Gasteiger partial charge on any atom is -0.460 e. The van der Waals surface area contributed by atoms with Gasteiger partial charge in [-0.2, -0.15) is 0 Å². The van der Waals surface area contributed by atoms with Gasteiger partial charge in [0.25, 0.3) is 0 Å². The van der Waals surface area contributed by atoms with E-state index in [4.69, 9.17) is 18.9 Å². The fourth-order valence-corrected chi connectivity index (χ4v) is 5.90. The molecular weight excluding hydrogens is 480 g/mol. The maximum Gasteiger partial charge on any atom is 0.339 e. The van der Waals surface area contributed by atoms with Crippen molar-refractivity contribution in [1.29, 1.82) is 0 Å². The average Bonchev–Trinajstić information content (AvgIpc) is 3.35. The molecule has 0 saturated carbocycles. The highest BCUT2D eigenvalue weighted by molar-refractivity contribution is 8.08. The summed E-state index contributed by atoms with van der Waals surface area (Å²) < 4.78 is 20.2. The van der Waals surface area contributed by atoms with Crippen LogP contribution >= 0.6 is 23.5 Å². The van der Waals surface area contributed by atoms with Gasteiger partial charge in [0.05, 0.1) is 34.2 Å². The lowest BCUT2D eigenvalue weighted by atomic mass is 10.0. The number of rotatable bonds is 8. The van der Waals surface area contributed by atoms with Gasteiger partial charge in [-0.25, -0.2) is 9.59 Å². The fraction of sp³-hybridized carbons (Fsp3) is 0.250. The molecule has 0 radical (unpaired) electrons. The van der Waals surface area contributed by atoms with Crippen molar-refractivity contribution < 1.29 is 38.1 Å². The molecule has 0 aromatic heterocycles. The van der Waals surface area contributed by atoms with E-state index >= 15 is 0 Å². The molecule has 4 rings (SSSR count).